The van der Waals surface area contributed by atoms with Gasteiger partial charge in [-0.2, -0.15) is 5.10 Å². The first-order valence-electron chi connectivity index (χ1n) is 9.51. The maximum atomic E-state index is 12.7. The molecule has 1 aromatic heterocycles. The van der Waals surface area contributed by atoms with E-state index in [1.807, 2.05) is 69.4 Å². The van der Waals surface area contributed by atoms with Crippen LogP contribution in [0.2, 0.25) is 0 Å². The Labute approximate surface area is 165 Å². The molecule has 0 bridgehead atoms. The Morgan fingerprint density at radius 2 is 1.93 bits per heavy atom. The number of amides is 1. The molecule has 6 nitrogen and oxygen atoms in total. The Balaban J connectivity index is 1.61. The molecular weight excluding hydrogens is 352 g/mol. The third-order valence-electron chi connectivity index (χ3n) is 4.91. The molecule has 0 fully saturated rings. The summed E-state index contributed by atoms with van der Waals surface area (Å²) in [6.07, 6.45) is 4.28. The fraction of sp³-hybridized carbons (Fsp3) is 0.318. The SMILES string of the molecule is CCOc1ccccc1CCC(=O)N(C)[C@@H](C)c1ccc(-n2cncn2)cc1. The molecule has 0 aliphatic rings. The zero-order valence-corrected chi connectivity index (χ0v) is 16.6. The fourth-order valence-corrected chi connectivity index (χ4v) is 3.11. The van der Waals surface area contributed by atoms with E-state index in [-0.39, 0.29) is 11.9 Å². The summed E-state index contributed by atoms with van der Waals surface area (Å²) in [6, 6.07) is 15.9. The highest BCUT2D eigenvalue weighted by molar-refractivity contribution is 5.76. The lowest BCUT2D eigenvalue weighted by Gasteiger charge is -2.26. The number of carbonyl (C=O) groups is 1. The lowest BCUT2D eigenvalue weighted by molar-refractivity contribution is -0.131. The quantitative estimate of drug-likeness (QED) is 0.598. The summed E-state index contributed by atoms with van der Waals surface area (Å²) in [4.78, 5) is 18.5. The second-order valence-corrected chi connectivity index (χ2v) is 6.65. The number of aromatic nitrogens is 3. The van der Waals surface area contributed by atoms with Crippen LogP contribution in [0.15, 0.2) is 61.2 Å². The summed E-state index contributed by atoms with van der Waals surface area (Å²) in [5.41, 5.74) is 3.08. The molecular formula is C22H26N4O2. The average molecular weight is 378 g/mol. The maximum Gasteiger partial charge on any atom is 0.223 e. The molecule has 0 saturated heterocycles. The van der Waals surface area contributed by atoms with Crippen molar-refractivity contribution in [2.24, 2.45) is 0 Å². The minimum Gasteiger partial charge on any atom is -0.494 e. The fourth-order valence-electron chi connectivity index (χ4n) is 3.11. The van der Waals surface area contributed by atoms with Gasteiger partial charge in [0.05, 0.1) is 18.3 Å². The highest BCUT2D eigenvalue weighted by atomic mass is 16.5. The average Bonchev–Trinajstić information content (AvgIpc) is 3.27. The first-order chi connectivity index (χ1) is 13.6. The van der Waals surface area contributed by atoms with E-state index in [9.17, 15) is 4.79 Å². The van der Waals surface area contributed by atoms with Gasteiger partial charge in [-0.1, -0.05) is 30.3 Å². The Morgan fingerprint density at radius 1 is 1.18 bits per heavy atom. The molecule has 28 heavy (non-hydrogen) atoms. The normalized spacial score (nSPS) is 11.8. The van der Waals surface area contributed by atoms with Gasteiger partial charge in [0.1, 0.15) is 18.4 Å². The number of hydrogen-bond donors (Lipinski definition) is 0. The number of benzene rings is 2. The molecule has 0 aliphatic carbocycles. The molecule has 0 aliphatic heterocycles. The predicted octanol–water partition coefficient (Wildman–Crippen LogP) is 3.82. The lowest BCUT2D eigenvalue weighted by Crippen LogP contribution is -2.29. The summed E-state index contributed by atoms with van der Waals surface area (Å²) in [5.74, 6) is 0.969. The minimum atomic E-state index is -0.0144. The zero-order chi connectivity index (χ0) is 19.9. The van der Waals surface area contributed by atoms with Crippen molar-refractivity contribution in [3.05, 3.63) is 72.3 Å². The van der Waals surface area contributed by atoms with Crippen molar-refractivity contribution in [3.63, 3.8) is 0 Å². The van der Waals surface area contributed by atoms with Crippen molar-refractivity contribution < 1.29 is 9.53 Å². The third kappa shape index (κ3) is 4.57. The van der Waals surface area contributed by atoms with E-state index in [0.717, 1.165) is 22.6 Å². The van der Waals surface area contributed by atoms with Gasteiger partial charge < -0.3 is 9.64 Å². The highest BCUT2D eigenvalue weighted by Crippen LogP contribution is 2.23. The Hall–Kier alpha value is -3.15. The van der Waals surface area contributed by atoms with Crippen LogP contribution >= 0.6 is 0 Å². The molecule has 0 spiro atoms. The van der Waals surface area contributed by atoms with Crippen molar-refractivity contribution in [2.75, 3.05) is 13.7 Å². The van der Waals surface area contributed by atoms with Crippen LogP contribution in [0.3, 0.4) is 0 Å². The van der Waals surface area contributed by atoms with Crippen LogP contribution in [0, 0.1) is 0 Å². The second-order valence-electron chi connectivity index (χ2n) is 6.65. The Bertz CT molecular complexity index is 891. The van der Waals surface area contributed by atoms with E-state index in [4.69, 9.17) is 4.74 Å². The number of aryl methyl sites for hydroxylation is 1. The molecule has 0 unspecified atom stereocenters. The summed E-state index contributed by atoms with van der Waals surface area (Å²) < 4.78 is 7.36. The molecule has 3 aromatic rings. The molecule has 0 radical (unpaired) electrons. The number of hydrogen-bond acceptors (Lipinski definition) is 4. The van der Waals surface area contributed by atoms with E-state index in [1.165, 1.54) is 6.33 Å². The van der Waals surface area contributed by atoms with E-state index < -0.39 is 0 Å². The van der Waals surface area contributed by atoms with Gasteiger partial charge in [-0.15, -0.1) is 0 Å². The maximum absolute atomic E-state index is 12.7. The van der Waals surface area contributed by atoms with Gasteiger partial charge in [0.15, 0.2) is 0 Å². The molecule has 0 N–H and O–H groups in total. The topological polar surface area (TPSA) is 60.2 Å². The number of carbonyl (C=O) groups excluding carboxylic acids is 1. The van der Waals surface area contributed by atoms with E-state index in [2.05, 4.69) is 10.1 Å². The monoisotopic (exact) mass is 378 g/mol. The molecule has 0 saturated carbocycles. The number of ether oxygens (including phenoxy) is 1. The largest absolute Gasteiger partial charge is 0.494 e. The first-order valence-corrected chi connectivity index (χ1v) is 9.51. The zero-order valence-electron chi connectivity index (χ0n) is 16.6. The van der Waals surface area contributed by atoms with Crippen LogP contribution in [0.4, 0.5) is 0 Å². The van der Waals surface area contributed by atoms with Crippen LogP contribution in [-0.4, -0.2) is 39.2 Å². The van der Waals surface area contributed by atoms with Crippen LogP contribution in [-0.2, 0) is 11.2 Å². The van der Waals surface area contributed by atoms with Gasteiger partial charge in [-0.25, -0.2) is 9.67 Å². The Kier molecular flexibility index (Phi) is 6.42. The smallest absolute Gasteiger partial charge is 0.223 e. The van der Waals surface area contributed by atoms with Gasteiger partial charge in [0.2, 0.25) is 5.91 Å². The number of nitrogens with zero attached hydrogens (tertiary/aromatic N) is 4. The van der Waals surface area contributed by atoms with Crippen LogP contribution < -0.4 is 4.74 Å². The number of rotatable bonds is 8. The molecule has 1 amide bonds. The van der Waals surface area contributed by atoms with Crippen molar-refractivity contribution >= 4 is 5.91 Å². The van der Waals surface area contributed by atoms with E-state index >= 15 is 0 Å². The van der Waals surface area contributed by atoms with Crippen LogP contribution in [0.5, 0.6) is 5.75 Å². The molecule has 3 rings (SSSR count). The summed E-state index contributed by atoms with van der Waals surface area (Å²) in [7, 11) is 1.85. The van der Waals surface area contributed by atoms with Gasteiger partial charge >= 0.3 is 0 Å². The predicted molar refractivity (Wildman–Crippen MR) is 108 cm³/mol. The van der Waals surface area contributed by atoms with Gasteiger partial charge in [-0.3, -0.25) is 4.79 Å². The molecule has 2 aromatic carbocycles. The van der Waals surface area contributed by atoms with Gasteiger partial charge in [-0.05, 0) is 49.6 Å². The third-order valence-corrected chi connectivity index (χ3v) is 4.91. The van der Waals surface area contributed by atoms with Crippen LogP contribution in [0.1, 0.15) is 37.4 Å². The van der Waals surface area contributed by atoms with Crippen LogP contribution in [0.25, 0.3) is 5.69 Å². The van der Waals surface area contributed by atoms with Crippen molar-refractivity contribution in [1.82, 2.24) is 19.7 Å². The van der Waals surface area contributed by atoms with E-state index in [1.54, 1.807) is 15.9 Å². The second kappa shape index (κ2) is 9.17. The Morgan fingerprint density at radius 3 is 2.61 bits per heavy atom. The van der Waals surface area contributed by atoms with Crippen molar-refractivity contribution in [3.8, 4) is 11.4 Å². The highest BCUT2D eigenvalue weighted by Gasteiger charge is 2.18. The lowest BCUT2D eigenvalue weighted by atomic mass is 10.0. The molecule has 6 heteroatoms. The van der Waals surface area contributed by atoms with Gasteiger partial charge in [0.25, 0.3) is 0 Å². The molecule has 1 heterocycles. The molecule has 146 valence electrons. The number of para-hydroxylation sites is 1. The van der Waals surface area contributed by atoms with Gasteiger partial charge in [0, 0.05) is 13.5 Å². The summed E-state index contributed by atoms with van der Waals surface area (Å²) in [5, 5.41) is 4.13. The summed E-state index contributed by atoms with van der Waals surface area (Å²) in [6.45, 7) is 4.62. The van der Waals surface area contributed by atoms with Crippen molar-refractivity contribution in [1.29, 1.82) is 0 Å². The minimum absolute atomic E-state index is 0.0144. The molecule has 1 atom stereocenters. The first kappa shape index (κ1) is 19.6. The van der Waals surface area contributed by atoms with Crippen molar-refractivity contribution in [2.45, 2.75) is 32.7 Å². The summed E-state index contributed by atoms with van der Waals surface area (Å²) >= 11 is 0. The standard InChI is InChI=1S/C22H26N4O2/c1-4-28-21-8-6-5-7-19(21)11-14-22(27)25(3)17(2)18-9-12-20(13-10-18)26-16-23-15-24-26/h5-10,12-13,15-17H,4,11,14H2,1-3H3/t17-/m0/s1. The van der Waals surface area contributed by atoms with E-state index in [0.29, 0.717) is 19.4 Å².